The average molecular weight is 367 g/mol. The standard InChI is InChI=1S/C19H20F3NO3/c1-12(23-11-13-5-4-6-15(9-13)24-3)14-7-8-16-17(10-14)26-19(21,22)18(2,20)25-16/h4-10,16-17,23H,1,11H2,2-3H3. The van der Waals surface area contributed by atoms with Crippen LogP contribution in [0, 0.1) is 0 Å². The number of ether oxygens (including phenoxy) is 3. The molecule has 7 heteroatoms. The summed E-state index contributed by atoms with van der Waals surface area (Å²) in [7, 11) is 1.59. The van der Waals surface area contributed by atoms with Crippen LogP contribution in [0.2, 0.25) is 0 Å². The predicted octanol–water partition coefficient (Wildman–Crippen LogP) is 3.86. The molecule has 0 spiro atoms. The molecule has 0 amide bonds. The second kappa shape index (κ2) is 6.81. The van der Waals surface area contributed by atoms with E-state index in [9.17, 15) is 13.2 Å². The third kappa shape index (κ3) is 3.64. The zero-order valence-electron chi connectivity index (χ0n) is 14.5. The van der Waals surface area contributed by atoms with E-state index < -0.39 is 24.2 Å². The number of hydrogen-bond acceptors (Lipinski definition) is 4. The number of allylic oxidation sites excluding steroid dienone is 1. The molecule has 3 unspecified atom stereocenters. The number of hydrogen-bond donors (Lipinski definition) is 1. The van der Waals surface area contributed by atoms with Gasteiger partial charge in [-0.05, 0) is 29.3 Å². The molecular formula is C19H20F3NO3. The fraction of sp³-hybridized carbons (Fsp3) is 0.368. The van der Waals surface area contributed by atoms with Crippen molar-refractivity contribution in [3.8, 4) is 5.75 Å². The molecule has 1 heterocycles. The van der Waals surface area contributed by atoms with Gasteiger partial charge in [-0.1, -0.05) is 30.9 Å². The minimum atomic E-state index is -4.03. The first-order chi connectivity index (χ1) is 12.2. The Morgan fingerprint density at radius 3 is 2.77 bits per heavy atom. The molecule has 0 bridgehead atoms. The van der Waals surface area contributed by atoms with Crippen molar-refractivity contribution in [1.29, 1.82) is 0 Å². The Labute approximate surface area is 149 Å². The van der Waals surface area contributed by atoms with Gasteiger partial charge in [0.15, 0.2) is 0 Å². The summed E-state index contributed by atoms with van der Waals surface area (Å²) in [6, 6.07) is 7.50. The molecule has 2 aliphatic rings. The summed E-state index contributed by atoms with van der Waals surface area (Å²) in [5.74, 6) is -2.44. The Morgan fingerprint density at radius 1 is 1.27 bits per heavy atom. The van der Waals surface area contributed by atoms with Crippen LogP contribution in [-0.2, 0) is 16.0 Å². The molecule has 3 atom stereocenters. The SMILES string of the molecule is C=C(NCc1cccc(OC)c1)C1=CC2OC(F)(F)C(C)(F)OC2C=C1. The Hall–Kier alpha value is -2.25. The second-order valence-electron chi connectivity index (χ2n) is 6.26. The smallest absolute Gasteiger partial charge is 0.415 e. The topological polar surface area (TPSA) is 39.7 Å². The van der Waals surface area contributed by atoms with Crippen molar-refractivity contribution in [3.63, 3.8) is 0 Å². The van der Waals surface area contributed by atoms with E-state index in [1.54, 1.807) is 13.2 Å². The first-order valence-corrected chi connectivity index (χ1v) is 8.10. The summed E-state index contributed by atoms with van der Waals surface area (Å²) in [4.78, 5) is 0. The number of nitrogens with one attached hydrogen (secondary N) is 1. The molecule has 1 N–H and O–H groups in total. The second-order valence-corrected chi connectivity index (χ2v) is 6.26. The van der Waals surface area contributed by atoms with Gasteiger partial charge >= 0.3 is 6.11 Å². The fourth-order valence-electron chi connectivity index (χ4n) is 2.74. The first-order valence-electron chi connectivity index (χ1n) is 8.10. The van der Waals surface area contributed by atoms with Crippen LogP contribution in [0.4, 0.5) is 13.2 Å². The molecule has 0 radical (unpaired) electrons. The van der Waals surface area contributed by atoms with Gasteiger partial charge in [-0.15, -0.1) is 0 Å². The zero-order valence-corrected chi connectivity index (χ0v) is 14.5. The maximum atomic E-state index is 13.9. The van der Waals surface area contributed by atoms with E-state index in [1.807, 2.05) is 24.3 Å². The van der Waals surface area contributed by atoms with E-state index in [0.29, 0.717) is 24.7 Å². The van der Waals surface area contributed by atoms with Crippen LogP contribution in [0.3, 0.4) is 0 Å². The molecule has 26 heavy (non-hydrogen) atoms. The number of halogens is 3. The summed E-state index contributed by atoms with van der Waals surface area (Å²) in [6.07, 6.45) is -1.45. The average Bonchev–Trinajstić information content (AvgIpc) is 2.60. The molecule has 0 saturated carbocycles. The highest BCUT2D eigenvalue weighted by Gasteiger charge is 2.61. The predicted molar refractivity (Wildman–Crippen MR) is 90.4 cm³/mol. The maximum Gasteiger partial charge on any atom is 0.415 e. The van der Waals surface area contributed by atoms with Crippen molar-refractivity contribution >= 4 is 0 Å². The van der Waals surface area contributed by atoms with Gasteiger partial charge in [-0.3, -0.25) is 0 Å². The maximum absolute atomic E-state index is 13.9. The third-order valence-electron chi connectivity index (χ3n) is 4.28. The van der Waals surface area contributed by atoms with Crippen molar-refractivity contribution in [2.24, 2.45) is 0 Å². The van der Waals surface area contributed by atoms with Gasteiger partial charge in [-0.2, -0.15) is 8.78 Å². The monoisotopic (exact) mass is 367 g/mol. The number of methoxy groups -OCH3 is 1. The highest BCUT2D eigenvalue weighted by molar-refractivity contribution is 5.42. The van der Waals surface area contributed by atoms with Crippen LogP contribution in [0.25, 0.3) is 0 Å². The van der Waals surface area contributed by atoms with Gasteiger partial charge in [0, 0.05) is 19.2 Å². The molecule has 140 valence electrons. The minimum absolute atomic E-state index is 0.478. The number of rotatable bonds is 5. The van der Waals surface area contributed by atoms with E-state index in [0.717, 1.165) is 11.3 Å². The molecule has 1 saturated heterocycles. The van der Waals surface area contributed by atoms with Crippen molar-refractivity contribution in [2.45, 2.75) is 37.6 Å². The van der Waals surface area contributed by atoms with E-state index in [1.165, 1.54) is 12.2 Å². The molecule has 1 aromatic carbocycles. The zero-order chi connectivity index (χ0) is 18.9. The van der Waals surface area contributed by atoms with E-state index in [2.05, 4.69) is 16.6 Å². The van der Waals surface area contributed by atoms with Gasteiger partial charge in [0.2, 0.25) is 0 Å². The Morgan fingerprint density at radius 2 is 2.04 bits per heavy atom. The van der Waals surface area contributed by atoms with Crippen LogP contribution in [-0.4, -0.2) is 31.3 Å². The molecular weight excluding hydrogens is 347 g/mol. The molecule has 4 nitrogen and oxygen atoms in total. The van der Waals surface area contributed by atoms with Crippen molar-refractivity contribution < 1.29 is 27.4 Å². The molecule has 1 fully saturated rings. The van der Waals surface area contributed by atoms with Crippen LogP contribution in [0.5, 0.6) is 5.75 Å². The van der Waals surface area contributed by atoms with E-state index >= 15 is 0 Å². The van der Waals surface area contributed by atoms with Crippen LogP contribution in [0.15, 0.2) is 60.3 Å². The van der Waals surface area contributed by atoms with Crippen LogP contribution >= 0.6 is 0 Å². The molecule has 1 aromatic rings. The first kappa shape index (κ1) is 18.5. The van der Waals surface area contributed by atoms with Gasteiger partial charge in [0.25, 0.3) is 5.85 Å². The third-order valence-corrected chi connectivity index (χ3v) is 4.28. The number of alkyl halides is 3. The van der Waals surface area contributed by atoms with Crippen LogP contribution < -0.4 is 10.1 Å². The largest absolute Gasteiger partial charge is 0.497 e. The lowest BCUT2D eigenvalue weighted by Crippen LogP contribution is -2.57. The van der Waals surface area contributed by atoms with E-state index in [4.69, 9.17) is 9.47 Å². The molecule has 3 rings (SSSR count). The minimum Gasteiger partial charge on any atom is -0.497 e. The summed E-state index contributed by atoms with van der Waals surface area (Å²) < 4.78 is 55.9. The lowest BCUT2D eigenvalue weighted by Gasteiger charge is -2.42. The summed E-state index contributed by atoms with van der Waals surface area (Å²) in [5, 5.41) is 3.12. The summed E-state index contributed by atoms with van der Waals surface area (Å²) in [6.45, 7) is 5.05. The van der Waals surface area contributed by atoms with E-state index in [-0.39, 0.29) is 0 Å². The lowest BCUT2D eigenvalue weighted by molar-refractivity contribution is -0.431. The molecule has 1 aliphatic carbocycles. The fourth-order valence-corrected chi connectivity index (χ4v) is 2.74. The number of fused-ring (bicyclic) bond motifs is 1. The van der Waals surface area contributed by atoms with Gasteiger partial charge in [-0.25, -0.2) is 4.39 Å². The molecule has 1 aliphatic heterocycles. The highest BCUT2D eigenvalue weighted by atomic mass is 19.3. The summed E-state index contributed by atoms with van der Waals surface area (Å²) in [5.41, 5.74) is 2.08. The Balaban J connectivity index is 1.66. The Bertz CT molecular complexity index is 758. The van der Waals surface area contributed by atoms with Crippen LogP contribution in [0.1, 0.15) is 12.5 Å². The normalized spacial score (nSPS) is 29.5. The van der Waals surface area contributed by atoms with Gasteiger partial charge in [0.05, 0.1) is 7.11 Å². The quantitative estimate of drug-likeness (QED) is 0.858. The Kier molecular flexibility index (Phi) is 4.86. The van der Waals surface area contributed by atoms with Gasteiger partial charge < -0.3 is 19.5 Å². The van der Waals surface area contributed by atoms with Gasteiger partial charge in [0.1, 0.15) is 18.0 Å². The van der Waals surface area contributed by atoms with Crippen molar-refractivity contribution in [2.75, 3.05) is 7.11 Å². The highest BCUT2D eigenvalue weighted by Crippen LogP contribution is 2.43. The molecule has 0 aromatic heterocycles. The number of benzene rings is 1. The van der Waals surface area contributed by atoms with Crippen molar-refractivity contribution in [1.82, 2.24) is 5.32 Å². The lowest BCUT2D eigenvalue weighted by atomic mass is 9.98. The summed E-state index contributed by atoms with van der Waals surface area (Å²) >= 11 is 0. The van der Waals surface area contributed by atoms with Crippen molar-refractivity contribution in [3.05, 3.63) is 65.9 Å².